The van der Waals surface area contributed by atoms with Crippen LogP contribution in [0.3, 0.4) is 0 Å². The van der Waals surface area contributed by atoms with Crippen molar-refractivity contribution in [3.8, 4) is 0 Å². The summed E-state index contributed by atoms with van der Waals surface area (Å²) in [5, 5.41) is 5.86. The van der Waals surface area contributed by atoms with Crippen LogP contribution in [0.25, 0.3) is 11.0 Å². The van der Waals surface area contributed by atoms with Crippen LogP contribution in [0.1, 0.15) is 16.7 Å². The molecule has 8 heteroatoms. The highest BCUT2D eigenvalue weighted by atomic mass is 16.2. The molecule has 0 radical (unpaired) electrons. The number of hydrogen-bond donors (Lipinski definition) is 4. The van der Waals surface area contributed by atoms with Gasteiger partial charge in [0.15, 0.2) is 5.54 Å². The first kappa shape index (κ1) is 17.9. The van der Waals surface area contributed by atoms with E-state index >= 15 is 0 Å². The number of aromatic amines is 1. The Morgan fingerprint density at radius 2 is 2.00 bits per heavy atom. The van der Waals surface area contributed by atoms with E-state index in [4.69, 9.17) is 5.73 Å². The largest absolute Gasteiger partial charge is 0.367 e. The average molecular weight is 376 g/mol. The van der Waals surface area contributed by atoms with E-state index in [9.17, 15) is 9.59 Å². The van der Waals surface area contributed by atoms with E-state index in [1.54, 1.807) is 24.5 Å². The highest BCUT2D eigenvalue weighted by Gasteiger charge is 2.49. The number of imidazole rings is 1. The monoisotopic (exact) mass is 376 g/mol. The average Bonchev–Trinajstić information content (AvgIpc) is 3.30. The van der Waals surface area contributed by atoms with Crippen LogP contribution in [0.15, 0.2) is 47.7 Å². The second-order valence-corrected chi connectivity index (χ2v) is 6.86. The summed E-state index contributed by atoms with van der Waals surface area (Å²) in [6.45, 7) is 4.00. The lowest BCUT2D eigenvalue weighted by molar-refractivity contribution is -0.123. The van der Waals surface area contributed by atoms with Gasteiger partial charge in [0.25, 0.3) is 5.91 Å². The second kappa shape index (κ2) is 6.58. The van der Waals surface area contributed by atoms with Crippen LogP contribution in [0, 0.1) is 13.8 Å². The van der Waals surface area contributed by atoms with Crippen molar-refractivity contribution in [2.75, 3.05) is 12.0 Å². The number of benzene rings is 2. The molecule has 1 atom stereocenters. The number of H-pyrrole nitrogens is 1. The molecule has 28 heavy (non-hydrogen) atoms. The van der Waals surface area contributed by atoms with Gasteiger partial charge in [-0.15, -0.1) is 0 Å². The van der Waals surface area contributed by atoms with Crippen molar-refractivity contribution in [3.05, 3.63) is 59.4 Å². The summed E-state index contributed by atoms with van der Waals surface area (Å²) < 4.78 is 0. The van der Waals surface area contributed by atoms with E-state index in [1.807, 2.05) is 32.0 Å². The van der Waals surface area contributed by atoms with Crippen molar-refractivity contribution < 1.29 is 9.59 Å². The standard InChI is InChI=1S/C20H20N6O2/c1-11-3-5-14(12(2)7-11)26-18(27)17-20(19(21)28,25-10-24-17)13-4-6-15-16(8-13)23-9-22-15/h3-9,25H,10H2,1-2H3,(H2,21,28)(H,22,23)(H,26,27). The molecule has 0 saturated carbocycles. The van der Waals surface area contributed by atoms with Gasteiger partial charge in [-0.2, -0.15) is 0 Å². The van der Waals surface area contributed by atoms with Crippen LogP contribution in [0.4, 0.5) is 5.69 Å². The summed E-state index contributed by atoms with van der Waals surface area (Å²) >= 11 is 0. The molecule has 5 N–H and O–H groups in total. The number of nitrogens with zero attached hydrogens (tertiary/aromatic N) is 2. The molecule has 142 valence electrons. The quantitative estimate of drug-likeness (QED) is 0.550. The molecule has 0 fully saturated rings. The van der Waals surface area contributed by atoms with Crippen molar-refractivity contribution in [2.24, 2.45) is 10.7 Å². The molecule has 2 aromatic carbocycles. The van der Waals surface area contributed by atoms with Crippen LogP contribution < -0.4 is 16.4 Å². The van der Waals surface area contributed by atoms with Crippen LogP contribution in [-0.2, 0) is 15.1 Å². The Morgan fingerprint density at radius 3 is 2.75 bits per heavy atom. The van der Waals surface area contributed by atoms with E-state index in [-0.39, 0.29) is 12.4 Å². The summed E-state index contributed by atoms with van der Waals surface area (Å²) in [7, 11) is 0. The number of aryl methyl sites for hydroxylation is 2. The molecular weight excluding hydrogens is 356 g/mol. The Hall–Kier alpha value is -3.52. The van der Waals surface area contributed by atoms with Gasteiger partial charge in [-0.05, 0) is 43.2 Å². The van der Waals surface area contributed by atoms with Crippen molar-refractivity contribution in [1.82, 2.24) is 15.3 Å². The smallest absolute Gasteiger partial charge is 0.272 e. The number of aromatic nitrogens is 2. The van der Waals surface area contributed by atoms with E-state index in [0.29, 0.717) is 11.3 Å². The third kappa shape index (κ3) is 2.74. The highest BCUT2D eigenvalue weighted by Crippen LogP contribution is 2.29. The lowest BCUT2D eigenvalue weighted by Gasteiger charge is -2.28. The van der Waals surface area contributed by atoms with Gasteiger partial charge in [0.05, 0.1) is 24.0 Å². The van der Waals surface area contributed by atoms with Crippen LogP contribution in [-0.4, -0.2) is 34.2 Å². The van der Waals surface area contributed by atoms with Gasteiger partial charge < -0.3 is 16.0 Å². The maximum atomic E-state index is 13.0. The maximum absolute atomic E-state index is 13.0. The van der Waals surface area contributed by atoms with Crippen LogP contribution in [0.5, 0.6) is 0 Å². The Labute approximate surface area is 161 Å². The number of aliphatic imine (C=N–C) groups is 1. The van der Waals surface area contributed by atoms with Crippen LogP contribution >= 0.6 is 0 Å². The number of nitrogens with two attached hydrogens (primary N) is 1. The van der Waals surface area contributed by atoms with Crippen molar-refractivity contribution in [3.63, 3.8) is 0 Å². The molecule has 0 bridgehead atoms. The van der Waals surface area contributed by atoms with Crippen LogP contribution in [0.2, 0.25) is 0 Å². The molecule has 1 unspecified atom stereocenters. The zero-order valence-corrected chi connectivity index (χ0v) is 15.5. The number of primary amides is 1. The third-order valence-corrected chi connectivity index (χ3v) is 5.00. The minimum Gasteiger partial charge on any atom is -0.367 e. The first-order valence-corrected chi connectivity index (χ1v) is 8.84. The van der Waals surface area contributed by atoms with Gasteiger partial charge in [0.1, 0.15) is 5.71 Å². The third-order valence-electron chi connectivity index (χ3n) is 5.00. The molecule has 1 aromatic heterocycles. The number of hydrogen-bond acceptors (Lipinski definition) is 5. The zero-order valence-electron chi connectivity index (χ0n) is 15.5. The van der Waals surface area contributed by atoms with Gasteiger partial charge in [-0.1, -0.05) is 23.8 Å². The lowest BCUT2D eigenvalue weighted by Crippen LogP contribution is -2.57. The number of fused-ring (bicyclic) bond motifs is 1. The first-order valence-electron chi connectivity index (χ1n) is 8.84. The minimum atomic E-state index is -1.51. The number of nitrogens with one attached hydrogen (secondary N) is 3. The zero-order chi connectivity index (χ0) is 19.9. The minimum absolute atomic E-state index is 0.0406. The summed E-state index contributed by atoms with van der Waals surface area (Å²) in [5.41, 5.74) is 8.99. The van der Waals surface area contributed by atoms with E-state index in [0.717, 1.165) is 22.2 Å². The van der Waals surface area contributed by atoms with E-state index < -0.39 is 17.4 Å². The fourth-order valence-electron chi connectivity index (χ4n) is 3.57. The molecule has 0 spiro atoms. The van der Waals surface area contributed by atoms with E-state index in [2.05, 4.69) is 25.6 Å². The normalized spacial score (nSPS) is 18.9. The van der Waals surface area contributed by atoms with Gasteiger partial charge in [-0.25, -0.2) is 4.98 Å². The summed E-state index contributed by atoms with van der Waals surface area (Å²) in [6, 6.07) is 11.0. The summed E-state index contributed by atoms with van der Waals surface area (Å²) in [5.74, 6) is -1.17. The fraction of sp³-hybridized carbons (Fsp3) is 0.200. The Balaban J connectivity index is 1.74. The van der Waals surface area contributed by atoms with Crippen molar-refractivity contribution >= 4 is 34.2 Å². The second-order valence-electron chi connectivity index (χ2n) is 6.86. The number of rotatable bonds is 4. The molecule has 1 aliphatic rings. The Kier molecular flexibility index (Phi) is 4.20. The Morgan fingerprint density at radius 1 is 1.18 bits per heavy atom. The molecule has 2 amide bonds. The molecule has 4 rings (SSSR count). The summed E-state index contributed by atoms with van der Waals surface area (Å²) in [6.07, 6.45) is 1.56. The first-order chi connectivity index (χ1) is 13.4. The van der Waals surface area contributed by atoms with E-state index in [1.165, 1.54) is 0 Å². The van der Waals surface area contributed by atoms with Crippen molar-refractivity contribution in [1.29, 1.82) is 0 Å². The SMILES string of the molecule is Cc1ccc(NC(=O)C2=NCNC2(C(N)=O)c2ccc3nc[nH]c3c2)c(C)c1. The predicted octanol–water partition coefficient (Wildman–Crippen LogP) is 1.50. The number of carbonyl (C=O) groups excluding carboxylic acids is 2. The molecule has 0 aliphatic carbocycles. The predicted molar refractivity (Wildman–Crippen MR) is 107 cm³/mol. The topological polar surface area (TPSA) is 125 Å². The Bertz CT molecular complexity index is 1130. The molecule has 0 saturated heterocycles. The molecule has 1 aliphatic heterocycles. The summed E-state index contributed by atoms with van der Waals surface area (Å²) in [4.78, 5) is 37.0. The maximum Gasteiger partial charge on any atom is 0.272 e. The number of amides is 2. The van der Waals surface area contributed by atoms with Crippen molar-refractivity contribution in [2.45, 2.75) is 19.4 Å². The number of anilines is 1. The molecule has 3 aromatic rings. The van der Waals surface area contributed by atoms with Gasteiger partial charge in [0, 0.05) is 5.69 Å². The molecule has 2 heterocycles. The molecule has 8 nitrogen and oxygen atoms in total. The highest BCUT2D eigenvalue weighted by molar-refractivity contribution is 6.50. The number of carbonyl (C=O) groups is 2. The fourth-order valence-corrected chi connectivity index (χ4v) is 3.57. The molecular formula is C20H20N6O2. The van der Waals surface area contributed by atoms with Gasteiger partial charge in [-0.3, -0.25) is 19.9 Å². The lowest BCUT2D eigenvalue weighted by atomic mass is 9.84. The van der Waals surface area contributed by atoms with Gasteiger partial charge in [0.2, 0.25) is 5.91 Å². The van der Waals surface area contributed by atoms with Gasteiger partial charge >= 0.3 is 0 Å².